The Morgan fingerprint density at radius 2 is 1.96 bits per heavy atom. The second-order valence-corrected chi connectivity index (χ2v) is 6.08. The van der Waals surface area contributed by atoms with Crippen LogP contribution in [0.3, 0.4) is 0 Å². The van der Waals surface area contributed by atoms with Crippen LogP contribution >= 0.6 is 0 Å². The second-order valence-electron chi connectivity index (χ2n) is 6.08. The summed E-state index contributed by atoms with van der Waals surface area (Å²) in [5.74, 6) is -1.30. The number of rotatable bonds is 4. The first kappa shape index (κ1) is 17.0. The van der Waals surface area contributed by atoms with E-state index in [1.165, 1.54) is 12.4 Å². The van der Waals surface area contributed by atoms with Crippen molar-refractivity contribution in [2.24, 2.45) is 5.92 Å². The van der Waals surface area contributed by atoms with E-state index in [0.717, 1.165) is 25.0 Å². The van der Waals surface area contributed by atoms with E-state index >= 15 is 0 Å². The highest BCUT2D eigenvalue weighted by molar-refractivity contribution is 5.74. The topological polar surface area (TPSA) is 84.2 Å². The van der Waals surface area contributed by atoms with Crippen LogP contribution in [0.1, 0.15) is 19.8 Å². The van der Waals surface area contributed by atoms with E-state index in [-0.39, 0.29) is 23.0 Å². The van der Waals surface area contributed by atoms with Gasteiger partial charge in [0.25, 0.3) is 0 Å². The maximum absolute atomic E-state index is 13.4. The van der Waals surface area contributed by atoms with Crippen LogP contribution in [0.15, 0.2) is 24.5 Å². The Morgan fingerprint density at radius 1 is 1.24 bits per heavy atom. The van der Waals surface area contributed by atoms with Crippen molar-refractivity contribution in [2.75, 3.05) is 23.3 Å². The fraction of sp³-hybridized carbons (Fsp3) is 0.375. The molecule has 132 valence electrons. The highest BCUT2D eigenvalue weighted by Gasteiger charge is 2.29. The Hall–Kier alpha value is -2.84. The maximum atomic E-state index is 13.4. The maximum Gasteiger partial charge on any atom is 0.353 e. The summed E-state index contributed by atoms with van der Waals surface area (Å²) in [7, 11) is 0. The van der Waals surface area contributed by atoms with E-state index in [9.17, 15) is 18.9 Å². The van der Waals surface area contributed by atoms with Crippen LogP contribution in [-0.2, 0) is 0 Å². The number of nitrogens with one attached hydrogen (secondary N) is 1. The lowest BCUT2D eigenvalue weighted by Gasteiger charge is -2.30. The molecule has 1 aromatic carbocycles. The van der Waals surface area contributed by atoms with Crippen LogP contribution in [0, 0.1) is 27.7 Å². The molecule has 3 rings (SSSR count). The molecule has 0 amide bonds. The molecular formula is C16H17F2N5O2. The molecule has 0 spiro atoms. The Labute approximate surface area is 142 Å². The largest absolute Gasteiger partial charge is 0.353 e. The van der Waals surface area contributed by atoms with E-state index in [4.69, 9.17) is 0 Å². The number of benzene rings is 1. The first-order chi connectivity index (χ1) is 12.0. The van der Waals surface area contributed by atoms with Gasteiger partial charge in [0.15, 0.2) is 11.6 Å². The highest BCUT2D eigenvalue weighted by atomic mass is 19.2. The number of nitrogens with zero attached hydrogens (tertiary/aromatic N) is 4. The van der Waals surface area contributed by atoms with Crippen molar-refractivity contribution in [3.63, 3.8) is 0 Å². The van der Waals surface area contributed by atoms with Crippen molar-refractivity contribution in [3.05, 3.63) is 46.3 Å². The Bertz CT molecular complexity index is 794. The molecule has 1 aromatic heterocycles. The minimum Gasteiger partial charge on any atom is -0.351 e. The molecule has 1 fully saturated rings. The van der Waals surface area contributed by atoms with E-state index in [1.807, 2.05) is 4.90 Å². The van der Waals surface area contributed by atoms with Crippen molar-refractivity contribution in [3.8, 4) is 0 Å². The molecule has 0 aliphatic carbocycles. The van der Waals surface area contributed by atoms with Gasteiger partial charge in [0.05, 0.1) is 4.92 Å². The first-order valence-corrected chi connectivity index (χ1v) is 7.92. The Balaban J connectivity index is 1.95. The molecule has 0 atom stereocenters. The summed E-state index contributed by atoms with van der Waals surface area (Å²) >= 11 is 0. The van der Waals surface area contributed by atoms with Crippen molar-refractivity contribution < 1.29 is 13.7 Å². The first-order valence-electron chi connectivity index (χ1n) is 7.92. The number of nitro groups is 1. The molecule has 9 heteroatoms. The summed E-state index contributed by atoms with van der Waals surface area (Å²) in [5.41, 5.74) is -0.110. The normalized spacial score (nSPS) is 15.2. The second kappa shape index (κ2) is 6.96. The van der Waals surface area contributed by atoms with E-state index in [1.54, 1.807) is 0 Å². The average molecular weight is 349 g/mol. The summed E-state index contributed by atoms with van der Waals surface area (Å²) in [5, 5.41) is 14.3. The van der Waals surface area contributed by atoms with Gasteiger partial charge in [-0.05, 0) is 30.9 Å². The summed E-state index contributed by atoms with van der Waals surface area (Å²) in [4.78, 5) is 20.9. The third-order valence-electron chi connectivity index (χ3n) is 4.25. The van der Waals surface area contributed by atoms with E-state index in [2.05, 4.69) is 22.2 Å². The van der Waals surface area contributed by atoms with Crippen LogP contribution in [-0.4, -0.2) is 28.0 Å². The zero-order valence-corrected chi connectivity index (χ0v) is 13.6. The zero-order chi connectivity index (χ0) is 18.0. The minimum atomic E-state index is -1.05. The number of aromatic nitrogens is 2. The lowest BCUT2D eigenvalue weighted by Crippen LogP contribution is -2.34. The SMILES string of the molecule is CC1CCN(c2ncnc(Nc3ccc(F)c(F)c3)c2[N+](=O)[O-])CC1. The van der Waals surface area contributed by atoms with Crippen LogP contribution < -0.4 is 10.2 Å². The molecular weight excluding hydrogens is 332 g/mol. The number of anilines is 3. The summed E-state index contributed by atoms with van der Waals surface area (Å²) in [6.07, 6.45) is 3.07. The van der Waals surface area contributed by atoms with Crippen LogP contribution in [0.25, 0.3) is 0 Å². The lowest BCUT2D eigenvalue weighted by molar-refractivity contribution is -0.383. The van der Waals surface area contributed by atoms with Gasteiger partial charge in [-0.25, -0.2) is 18.7 Å². The van der Waals surface area contributed by atoms with Gasteiger partial charge in [-0.2, -0.15) is 0 Å². The smallest absolute Gasteiger partial charge is 0.351 e. The molecule has 1 aliphatic rings. The number of piperidine rings is 1. The predicted octanol–water partition coefficient (Wildman–Crippen LogP) is 3.64. The summed E-state index contributed by atoms with van der Waals surface area (Å²) < 4.78 is 26.4. The molecule has 0 bridgehead atoms. The van der Waals surface area contributed by atoms with Crippen molar-refractivity contribution in [2.45, 2.75) is 19.8 Å². The van der Waals surface area contributed by atoms with Gasteiger partial charge in [0.2, 0.25) is 11.6 Å². The highest BCUT2D eigenvalue weighted by Crippen LogP contribution is 2.35. The quantitative estimate of drug-likeness (QED) is 0.670. The molecule has 2 heterocycles. The standard InChI is InChI=1S/C16H17F2N5O2/c1-10-4-6-22(7-5-10)16-14(23(24)25)15(19-9-20-16)21-11-2-3-12(17)13(18)8-11/h2-3,8-10H,4-7H2,1H3,(H,19,20,21). The van der Waals surface area contributed by atoms with Gasteiger partial charge in [-0.1, -0.05) is 6.92 Å². The lowest BCUT2D eigenvalue weighted by atomic mass is 9.99. The Kier molecular flexibility index (Phi) is 4.73. The van der Waals surface area contributed by atoms with Gasteiger partial charge in [-0.3, -0.25) is 10.1 Å². The van der Waals surface area contributed by atoms with Crippen LogP contribution in [0.2, 0.25) is 0 Å². The molecule has 25 heavy (non-hydrogen) atoms. The van der Waals surface area contributed by atoms with Gasteiger partial charge in [0, 0.05) is 24.8 Å². The third kappa shape index (κ3) is 3.65. The third-order valence-corrected chi connectivity index (χ3v) is 4.25. The molecule has 0 radical (unpaired) electrons. The van der Waals surface area contributed by atoms with E-state index in [0.29, 0.717) is 19.0 Å². The fourth-order valence-corrected chi connectivity index (χ4v) is 2.79. The molecule has 1 N–H and O–H groups in total. The average Bonchev–Trinajstić information content (AvgIpc) is 2.58. The van der Waals surface area contributed by atoms with Crippen molar-refractivity contribution in [1.29, 1.82) is 0 Å². The molecule has 1 saturated heterocycles. The molecule has 0 saturated carbocycles. The molecule has 2 aromatic rings. The van der Waals surface area contributed by atoms with Crippen molar-refractivity contribution in [1.82, 2.24) is 9.97 Å². The van der Waals surface area contributed by atoms with Crippen LogP contribution in [0.4, 0.5) is 31.8 Å². The van der Waals surface area contributed by atoms with Crippen LogP contribution in [0.5, 0.6) is 0 Å². The van der Waals surface area contributed by atoms with Crippen molar-refractivity contribution >= 4 is 23.0 Å². The zero-order valence-electron chi connectivity index (χ0n) is 13.6. The van der Waals surface area contributed by atoms with Gasteiger partial charge in [-0.15, -0.1) is 0 Å². The minimum absolute atomic E-state index is 0.0559. The van der Waals surface area contributed by atoms with Gasteiger partial charge < -0.3 is 10.2 Å². The summed E-state index contributed by atoms with van der Waals surface area (Å²) in [6.45, 7) is 3.48. The molecule has 0 unspecified atom stereocenters. The van der Waals surface area contributed by atoms with E-state index < -0.39 is 16.6 Å². The monoisotopic (exact) mass is 349 g/mol. The Morgan fingerprint density at radius 3 is 2.60 bits per heavy atom. The van der Waals surface area contributed by atoms with Gasteiger partial charge >= 0.3 is 5.69 Å². The number of halogens is 2. The fourth-order valence-electron chi connectivity index (χ4n) is 2.79. The number of hydrogen-bond acceptors (Lipinski definition) is 6. The summed E-state index contributed by atoms with van der Waals surface area (Å²) in [6, 6.07) is 3.15. The molecule has 7 nitrogen and oxygen atoms in total. The van der Waals surface area contributed by atoms with Gasteiger partial charge in [0.1, 0.15) is 6.33 Å². The predicted molar refractivity (Wildman–Crippen MR) is 88.9 cm³/mol. The number of hydrogen-bond donors (Lipinski definition) is 1. The molecule has 1 aliphatic heterocycles.